The van der Waals surface area contributed by atoms with Gasteiger partial charge in [0.1, 0.15) is 5.82 Å². The van der Waals surface area contributed by atoms with Crippen LogP contribution in [0.5, 0.6) is 0 Å². The molecular weight excluding hydrogens is 391 g/mol. The molecule has 1 saturated heterocycles. The van der Waals surface area contributed by atoms with Crippen LogP contribution in [-0.4, -0.2) is 29.8 Å². The standard InChI is InChI=1S/C22H23FN2O3S/c1-22(2)11-14(7-8-29(22,27)28)19-12-25-20-17(19)9-15(10-18(20)21(24)26)13-3-5-16(23)6-4-13/h3-6,9-10,12,14,25H,7-8,11H2,1-2H3,(H2,24,26). The molecule has 2 heterocycles. The average molecular weight is 415 g/mol. The molecule has 7 heteroatoms. The van der Waals surface area contributed by atoms with Crippen LogP contribution in [0, 0.1) is 5.82 Å². The lowest BCUT2D eigenvalue weighted by Gasteiger charge is -2.34. The van der Waals surface area contributed by atoms with E-state index in [0.29, 0.717) is 23.9 Å². The van der Waals surface area contributed by atoms with Gasteiger partial charge in [0.2, 0.25) is 0 Å². The summed E-state index contributed by atoms with van der Waals surface area (Å²) in [4.78, 5) is 15.3. The first-order valence-electron chi connectivity index (χ1n) is 9.52. The fourth-order valence-electron chi connectivity index (χ4n) is 4.26. The number of halogens is 1. The van der Waals surface area contributed by atoms with Crippen molar-refractivity contribution in [1.29, 1.82) is 0 Å². The second-order valence-electron chi connectivity index (χ2n) is 8.33. The third kappa shape index (κ3) is 3.33. The van der Waals surface area contributed by atoms with E-state index < -0.39 is 20.5 Å². The number of fused-ring (bicyclic) bond motifs is 1. The van der Waals surface area contributed by atoms with Crippen LogP contribution in [0.4, 0.5) is 4.39 Å². The molecule has 0 spiro atoms. The summed E-state index contributed by atoms with van der Waals surface area (Å²) in [5.74, 6) is -0.708. The molecule has 0 radical (unpaired) electrons. The number of aromatic nitrogens is 1. The van der Waals surface area contributed by atoms with Gasteiger partial charge in [0.25, 0.3) is 5.91 Å². The Morgan fingerprint density at radius 3 is 2.48 bits per heavy atom. The Morgan fingerprint density at radius 1 is 1.17 bits per heavy atom. The lowest BCUT2D eigenvalue weighted by Crippen LogP contribution is -2.40. The van der Waals surface area contributed by atoms with Gasteiger partial charge in [0.05, 0.1) is 21.6 Å². The molecular formula is C22H23FN2O3S. The van der Waals surface area contributed by atoms with Crippen LogP contribution < -0.4 is 5.73 Å². The molecule has 3 aromatic rings. The van der Waals surface area contributed by atoms with Gasteiger partial charge in [-0.2, -0.15) is 0 Å². The van der Waals surface area contributed by atoms with E-state index >= 15 is 0 Å². The van der Waals surface area contributed by atoms with Gasteiger partial charge in [0.15, 0.2) is 9.84 Å². The summed E-state index contributed by atoms with van der Waals surface area (Å²) >= 11 is 0. The Balaban J connectivity index is 1.86. The van der Waals surface area contributed by atoms with E-state index in [0.717, 1.165) is 22.1 Å². The van der Waals surface area contributed by atoms with Crippen molar-refractivity contribution in [3.63, 3.8) is 0 Å². The zero-order valence-corrected chi connectivity index (χ0v) is 17.1. The first-order chi connectivity index (χ1) is 13.6. The van der Waals surface area contributed by atoms with Crippen molar-refractivity contribution >= 4 is 26.6 Å². The van der Waals surface area contributed by atoms with Crippen molar-refractivity contribution in [1.82, 2.24) is 4.98 Å². The number of rotatable bonds is 3. The maximum atomic E-state index is 13.3. The number of carbonyl (C=O) groups is 1. The number of hydrogen-bond acceptors (Lipinski definition) is 3. The monoisotopic (exact) mass is 414 g/mol. The highest BCUT2D eigenvalue weighted by Crippen LogP contribution is 2.42. The fraction of sp³-hybridized carbons (Fsp3) is 0.318. The molecule has 5 nitrogen and oxygen atoms in total. The van der Waals surface area contributed by atoms with Crippen molar-refractivity contribution in [3.05, 3.63) is 59.5 Å². The number of hydrogen-bond donors (Lipinski definition) is 2. The summed E-state index contributed by atoms with van der Waals surface area (Å²) in [6.45, 7) is 3.53. The highest BCUT2D eigenvalue weighted by Gasteiger charge is 2.41. The van der Waals surface area contributed by atoms with Crippen molar-refractivity contribution in [2.45, 2.75) is 37.4 Å². The van der Waals surface area contributed by atoms with Gasteiger partial charge < -0.3 is 10.7 Å². The number of aromatic amines is 1. The number of H-pyrrole nitrogens is 1. The summed E-state index contributed by atoms with van der Waals surface area (Å²) in [5, 5.41) is 0.848. The molecule has 1 amide bonds. The molecule has 1 unspecified atom stereocenters. The van der Waals surface area contributed by atoms with Crippen molar-refractivity contribution in [2.24, 2.45) is 5.73 Å². The van der Waals surface area contributed by atoms with E-state index in [-0.39, 0.29) is 17.5 Å². The number of carbonyl (C=O) groups excluding carboxylic acids is 1. The number of benzene rings is 2. The van der Waals surface area contributed by atoms with Crippen LogP contribution in [0.2, 0.25) is 0 Å². The summed E-state index contributed by atoms with van der Waals surface area (Å²) in [5.41, 5.74) is 9.13. The fourth-order valence-corrected chi connectivity index (χ4v) is 5.86. The number of primary amides is 1. The zero-order chi connectivity index (χ0) is 21.0. The molecule has 1 atom stereocenters. The van der Waals surface area contributed by atoms with E-state index in [4.69, 9.17) is 5.73 Å². The van der Waals surface area contributed by atoms with Gasteiger partial charge in [-0.15, -0.1) is 0 Å². The summed E-state index contributed by atoms with van der Waals surface area (Å²) in [6.07, 6.45) is 2.89. The Kier molecular flexibility index (Phi) is 4.53. The molecule has 3 N–H and O–H groups in total. The molecule has 152 valence electrons. The van der Waals surface area contributed by atoms with Gasteiger partial charge >= 0.3 is 0 Å². The molecule has 1 fully saturated rings. The molecule has 2 aromatic carbocycles. The van der Waals surface area contributed by atoms with Crippen LogP contribution in [0.25, 0.3) is 22.0 Å². The Hall–Kier alpha value is -2.67. The first kappa shape index (κ1) is 19.6. The van der Waals surface area contributed by atoms with Crippen LogP contribution in [-0.2, 0) is 9.84 Å². The number of sulfone groups is 1. The van der Waals surface area contributed by atoms with Gasteiger partial charge in [-0.05, 0) is 73.6 Å². The maximum absolute atomic E-state index is 13.3. The smallest absolute Gasteiger partial charge is 0.250 e. The van der Waals surface area contributed by atoms with E-state index in [1.807, 2.05) is 12.3 Å². The first-order valence-corrected chi connectivity index (χ1v) is 11.2. The Morgan fingerprint density at radius 2 is 1.86 bits per heavy atom. The average Bonchev–Trinajstić information content (AvgIpc) is 3.07. The van der Waals surface area contributed by atoms with Crippen molar-refractivity contribution < 1.29 is 17.6 Å². The molecule has 4 rings (SSSR count). The Bertz CT molecular complexity index is 1210. The number of nitrogens with one attached hydrogen (secondary N) is 1. The SMILES string of the molecule is CC1(C)CC(c2c[nH]c3c(C(N)=O)cc(-c4ccc(F)cc4)cc23)CCS1(=O)=O. The largest absolute Gasteiger partial charge is 0.366 e. The number of nitrogens with two attached hydrogens (primary N) is 1. The molecule has 0 aliphatic carbocycles. The normalized spacial score (nSPS) is 20.6. The van der Waals surface area contributed by atoms with Crippen molar-refractivity contribution in [3.8, 4) is 11.1 Å². The lowest BCUT2D eigenvalue weighted by atomic mass is 9.86. The molecule has 1 aromatic heterocycles. The zero-order valence-electron chi connectivity index (χ0n) is 16.3. The van der Waals surface area contributed by atoms with Crippen LogP contribution in [0.3, 0.4) is 0 Å². The topological polar surface area (TPSA) is 93.0 Å². The predicted molar refractivity (Wildman–Crippen MR) is 112 cm³/mol. The second-order valence-corrected chi connectivity index (χ2v) is 11.1. The molecule has 0 saturated carbocycles. The van der Waals surface area contributed by atoms with E-state index in [9.17, 15) is 17.6 Å². The lowest BCUT2D eigenvalue weighted by molar-refractivity contribution is 0.100. The molecule has 1 aliphatic rings. The van der Waals surface area contributed by atoms with Gasteiger partial charge in [-0.3, -0.25) is 4.79 Å². The van der Waals surface area contributed by atoms with Crippen LogP contribution in [0.1, 0.15) is 48.5 Å². The summed E-state index contributed by atoms with van der Waals surface area (Å²) in [6, 6.07) is 9.71. The summed E-state index contributed by atoms with van der Waals surface area (Å²) in [7, 11) is -3.13. The Labute approximate surface area is 169 Å². The molecule has 1 aliphatic heterocycles. The highest BCUT2D eigenvalue weighted by atomic mass is 32.2. The van der Waals surface area contributed by atoms with E-state index in [2.05, 4.69) is 4.98 Å². The minimum Gasteiger partial charge on any atom is -0.366 e. The number of amides is 1. The van der Waals surface area contributed by atoms with Crippen molar-refractivity contribution in [2.75, 3.05) is 5.75 Å². The van der Waals surface area contributed by atoms with Gasteiger partial charge in [-0.25, -0.2) is 12.8 Å². The third-order valence-corrected chi connectivity index (χ3v) is 8.64. The third-order valence-electron chi connectivity index (χ3n) is 6.02. The van der Waals surface area contributed by atoms with Gasteiger partial charge in [-0.1, -0.05) is 12.1 Å². The quantitative estimate of drug-likeness (QED) is 0.674. The predicted octanol–water partition coefficient (Wildman–Crippen LogP) is 4.14. The molecule has 29 heavy (non-hydrogen) atoms. The van der Waals surface area contributed by atoms with Gasteiger partial charge in [0, 0.05) is 11.6 Å². The maximum Gasteiger partial charge on any atom is 0.250 e. The van der Waals surface area contributed by atoms with E-state index in [1.54, 1.807) is 32.0 Å². The summed E-state index contributed by atoms with van der Waals surface area (Å²) < 4.78 is 37.3. The second kappa shape index (κ2) is 6.69. The van der Waals surface area contributed by atoms with Crippen LogP contribution >= 0.6 is 0 Å². The van der Waals surface area contributed by atoms with Crippen LogP contribution in [0.15, 0.2) is 42.6 Å². The minimum atomic E-state index is -3.13. The highest BCUT2D eigenvalue weighted by molar-refractivity contribution is 7.92. The molecule has 0 bridgehead atoms. The minimum absolute atomic E-state index is 0.0477. The van der Waals surface area contributed by atoms with E-state index in [1.165, 1.54) is 12.1 Å².